The number of hydrogen-bond acceptors (Lipinski definition) is 1. The van der Waals surface area contributed by atoms with Crippen molar-refractivity contribution in [2.75, 3.05) is 18.0 Å². The van der Waals surface area contributed by atoms with Crippen LogP contribution in [0.3, 0.4) is 0 Å². The Labute approximate surface area is 103 Å². The van der Waals surface area contributed by atoms with E-state index in [1.165, 1.54) is 24.2 Å². The second kappa shape index (κ2) is 4.62. The lowest BCUT2D eigenvalue weighted by atomic mass is 9.99. The number of anilines is 1. The minimum absolute atomic E-state index is 0.691. The molecule has 3 rings (SSSR count). The van der Waals surface area contributed by atoms with Gasteiger partial charge in [0.2, 0.25) is 0 Å². The van der Waals surface area contributed by atoms with Gasteiger partial charge in [0.1, 0.15) is 0 Å². The normalized spacial score (nSPS) is 19.5. The summed E-state index contributed by atoms with van der Waals surface area (Å²) < 4.78 is 0. The highest BCUT2D eigenvalue weighted by molar-refractivity contribution is 5.48. The van der Waals surface area contributed by atoms with Gasteiger partial charge in [0.25, 0.3) is 0 Å². The minimum atomic E-state index is 0.691. The maximum Gasteiger partial charge on any atom is 0.0366 e. The fraction of sp³-hybridized carbons (Fsp3) is 0.250. The van der Waals surface area contributed by atoms with Crippen LogP contribution in [0.5, 0.6) is 0 Å². The largest absolute Gasteiger partial charge is 0.371 e. The Bertz CT molecular complexity index is 418. The summed E-state index contributed by atoms with van der Waals surface area (Å²) in [5.74, 6) is 0.691. The Hall–Kier alpha value is -1.76. The maximum atomic E-state index is 2.48. The quantitative estimate of drug-likeness (QED) is 0.750. The van der Waals surface area contributed by atoms with Gasteiger partial charge in [-0.1, -0.05) is 48.5 Å². The lowest BCUT2D eigenvalue weighted by Crippen LogP contribution is -2.18. The summed E-state index contributed by atoms with van der Waals surface area (Å²) in [6.07, 6.45) is 1.26. The predicted molar refractivity (Wildman–Crippen MR) is 72.5 cm³/mol. The molecule has 1 aliphatic heterocycles. The lowest BCUT2D eigenvalue weighted by Gasteiger charge is -2.18. The van der Waals surface area contributed by atoms with Crippen LogP contribution < -0.4 is 4.90 Å². The molecular formula is C16H17N. The van der Waals surface area contributed by atoms with E-state index in [0.29, 0.717) is 5.92 Å². The van der Waals surface area contributed by atoms with Crippen molar-refractivity contribution in [1.29, 1.82) is 0 Å². The van der Waals surface area contributed by atoms with E-state index in [2.05, 4.69) is 65.6 Å². The van der Waals surface area contributed by atoms with Gasteiger partial charge in [-0.05, 0) is 24.1 Å². The van der Waals surface area contributed by atoms with E-state index in [1.54, 1.807) is 0 Å². The molecule has 1 heteroatoms. The highest BCUT2D eigenvalue weighted by Crippen LogP contribution is 2.30. The fourth-order valence-electron chi connectivity index (χ4n) is 2.63. The molecule has 1 nitrogen and oxygen atoms in total. The van der Waals surface area contributed by atoms with Crippen LogP contribution in [-0.2, 0) is 0 Å². The number of rotatable bonds is 2. The summed E-state index contributed by atoms with van der Waals surface area (Å²) in [5, 5.41) is 0. The molecule has 0 radical (unpaired) electrons. The van der Waals surface area contributed by atoms with E-state index in [4.69, 9.17) is 0 Å². The van der Waals surface area contributed by atoms with Crippen LogP contribution in [-0.4, -0.2) is 13.1 Å². The van der Waals surface area contributed by atoms with Crippen molar-refractivity contribution in [3.8, 4) is 0 Å². The first-order valence-corrected chi connectivity index (χ1v) is 6.28. The second-order valence-electron chi connectivity index (χ2n) is 4.68. The average Bonchev–Trinajstić information content (AvgIpc) is 2.90. The lowest BCUT2D eigenvalue weighted by molar-refractivity contribution is 0.775. The predicted octanol–water partition coefficient (Wildman–Crippen LogP) is 3.68. The molecule has 0 aromatic heterocycles. The molecule has 1 heterocycles. The highest BCUT2D eigenvalue weighted by Gasteiger charge is 2.23. The van der Waals surface area contributed by atoms with E-state index in [-0.39, 0.29) is 0 Å². The monoisotopic (exact) mass is 223 g/mol. The van der Waals surface area contributed by atoms with Crippen molar-refractivity contribution in [3.63, 3.8) is 0 Å². The van der Waals surface area contributed by atoms with E-state index in [1.807, 2.05) is 0 Å². The third-order valence-corrected chi connectivity index (χ3v) is 3.58. The van der Waals surface area contributed by atoms with Crippen LogP contribution in [0.2, 0.25) is 0 Å². The van der Waals surface area contributed by atoms with Crippen molar-refractivity contribution in [3.05, 3.63) is 66.2 Å². The smallest absolute Gasteiger partial charge is 0.0366 e. The summed E-state index contributed by atoms with van der Waals surface area (Å²) in [6, 6.07) is 21.6. The third-order valence-electron chi connectivity index (χ3n) is 3.58. The van der Waals surface area contributed by atoms with Gasteiger partial charge in [0.15, 0.2) is 0 Å². The summed E-state index contributed by atoms with van der Waals surface area (Å²) in [4.78, 5) is 2.48. The van der Waals surface area contributed by atoms with Gasteiger partial charge >= 0.3 is 0 Å². The van der Waals surface area contributed by atoms with Crippen LogP contribution in [0.15, 0.2) is 60.7 Å². The molecule has 0 bridgehead atoms. The molecule has 1 fully saturated rings. The van der Waals surface area contributed by atoms with Gasteiger partial charge < -0.3 is 4.90 Å². The standard InChI is InChI=1S/C16H17N/c1-3-7-14(8-4-1)15-11-12-17(13-15)16-9-5-2-6-10-16/h1-10,15H,11-13H2. The summed E-state index contributed by atoms with van der Waals surface area (Å²) in [5.41, 5.74) is 2.83. The van der Waals surface area contributed by atoms with Gasteiger partial charge in [0.05, 0.1) is 0 Å². The van der Waals surface area contributed by atoms with Crippen LogP contribution in [0.25, 0.3) is 0 Å². The first kappa shape index (κ1) is 10.4. The zero-order valence-electron chi connectivity index (χ0n) is 9.92. The number of nitrogens with zero attached hydrogens (tertiary/aromatic N) is 1. The van der Waals surface area contributed by atoms with Crippen LogP contribution in [0.4, 0.5) is 5.69 Å². The molecule has 86 valence electrons. The Morgan fingerprint density at radius 2 is 1.47 bits per heavy atom. The average molecular weight is 223 g/mol. The number of para-hydroxylation sites is 1. The van der Waals surface area contributed by atoms with Crippen molar-refractivity contribution < 1.29 is 0 Å². The van der Waals surface area contributed by atoms with Crippen LogP contribution >= 0.6 is 0 Å². The maximum absolute atomic E-state index is 2.48. The Balaban J connectivity index is 1.75. The minimum Gasteiger partial charge on any atom is -0.371 e. The summed E-state index contributed by atoms with van der Waals surface area (Å²) in [7, 11) is 0. The van der Waals surface area contributed by atoms with Crippen molar-refractivity contribution >= 4 is 5.69 Å². The van der Waals surface area contributed by atoms with E-state index in [9.17, 15) is 0 Å². The molecule has 0 amide bonds. The van der Waals surface area contributed by atoms with E-state index in [0.717, 1.165) is 6.54 Å². The summed E-state index contributed by atoms with van der Waals surface area (Å²) >= 11 is 0. The highest BCUT2D eigenvalue weighted by atomic mass is 15.1. The van der Waals surface area contributed by atoms with Crippen molar-refractivity contribution in [2.45, 2.75) is 12.3 Å². The van der Waals surface area contributed by atoms with E-state index < -0.39 is 0 Å². The zero-order chi connectivity index (χ0) is 11.5. The van der Waals surface area contributed by atoms with Gasteiger partial charge in [-0.25, -0.2) is 0 Å². The molecule has 1 aliphatic rings. The molecule has 0 spiro atoms. The first-order chi connectivity index (χ1) is 8.43. The fourth-order valence-corrected chi connectivity index (χ4v) is 2.63. The Kier molecular flexibility index (Phi) is 2.83. The SMILES string of the molecule is c1ccc(C2CCN(c3ccccc3)C2)cc1. The van der Waals surface area contributed by atoms with Crippen LogP contribution in [0.1, 0.15) is 17.9 Å². The third kappa shape index (κ3) is 2.19. The Morgan fingerprint density at radius 3 is 2.18 bits per heavy atom. The number of benzene rings is 2. The summed E-state index contributed by atoms with van der Waals surface area (Å²) in [6.45, 7) is 2.32. The molecule has 2 aromatic carbocycles. The molecular weight excluding hydrogens is 206 g/mol. The second-order valence-corrected chi connectivity index (χ2v) is 4.68. The molecule has 17 heavy (non-hydrogen) atoms. The van der Waals surface area contributed by atoms with Crippen molar-refractivity contribution in [2.24, 2.45) is 0 Å². The molecule has 0 saturated carbocycles. The van der Waals surface area contributed by atoms with Gasteiger partial charge in [-0.3, -0.25) is 0 Å². The Morgan fingerprint density at radius 1 is 0.824 bits per heavy atom. The zero-order valence-corrected chi connectivity index (χ0v) is 9.92. The van der Waals surface area contributed by atoms with Crippen molar-refractivity contribution in [1.82, 2.24) is 0 Å². The van der Waals surface area contributed by atoms with Gasteiger partial charge in [-0.2, -0.15) is 0 Å². The molecule has 0 aliphatic carbocycles. The van der Waals surface area contributed by atoms with E-state index >= 15 is 0 Å². The molecule has 2 aromatic rings. The molecule has 1 unspecified atom stereocenters. The first-order valence-electron chi connectivity index (χ1n) is 6.28. The van der Waals surface area contributed by atoms with Gasteiger partial charge in [-0.15, -0.1) is 0 Å². The topological polar surface area (TPSA) is 3.24 Å². The molecule has 1 atom stereocenters. The molecule has 0 N–H and O–H groups in total. The molecule has 1 saturated heterocycles. The van der Waals surface area contributed by atoms with Gasteiger partial charge in [0, 0.05) is 24.7 Å². The van der Waals surface area contributed by atoms with Crippen LogP contribution in [0, 0.1) is 0 Å². The number of hydrogen-bond donors (Lipinski definition) is 0.